The number of phenols is 1. The summed E-state index contributed by atoms with van der Waals surface area (Å²) in [7, 11) is 0. The van der Waals surface area contributed by atoms with Crippen molar-refractivity contribution >= 4 is 28.1 Å². The fourth-order valence-electron chi connectivity index (χ4n) is 2.01. The van der Waals surface area contributed by atoms with E-state index < -0.39 is 5.97 Å². The summed E-state index contributed by atoms with van der Waals surface area (Å²) in [6.07, 6.45) is 1.68. The van der Waals surface area contributed by atoms with Crippen LogP contribution in [0.3, 0.4) is 0 Å². The van der Waals surface area contributed by atoms with Crippen LogP contribution in [0.5, 0.6) is 5.75 Å². The summed E-state index contributed by atoms with van der Waals surface area (Å²) in [5.74, 6) is -0.886. The van der Waals surface area contributed by atoms with Crippen LogP contribution >= 0.6 is 11.3 Å². The molecule has 0 saturated heterocycles. The molecule has 94 valence electrons. The summed E-state index contributed by atoms with van der Waals surface area (Å²) in [6.45, 7) is 0. The summed E-state index contributed by atoms with van der Waals surface area (Å²) in [6, 6.07) is 8.07. The van der Waals surface area contributed by atoms with E-state index in [0.29, 0.717) is 5.39 Å². The zero-order chi connectivity index (χ0) is 13.4. The standard InChI is InChI=1S/C14H9NO3S/c16-10-1-2-11-8(6-10)5-9(14(17)18)7-12(11)13-15-3-4-19-13/h1-7,16H,(H,17,18). The van der Waals surface area contributed by atoms with Gasteiger partial charge in [-0.3, -0.25) is 0 Å². The van der Waals surface area contributed by atoms with Crippen LogP contribution in [0.1, 0.15) is 10.4 Å². The van der Waals surface area contributed by atoms with E-state index in [0.717, 1.165) is 16.0 Å². The first kappa shape index (κ1) is 11.7. The van der Waals surface area contributed by atoms with Crippen LogP contribution in [0, 0.1) is 0 Å². The highest BCUT2D eigenvalue weighted by Crippen LogP contribution is 2.33. The second-order valence-corrected chi connectivity index (χ2v) is 4.97. The Hall–Kier alpha value is -2.40. The first-order chi connectivity index (χ1) is 9.15. The van der Waals surface area contributed by atoms with Gasteiger partial charge in [0.25, 0.3) is 0 Å². The van der Waals surface area contributed by atoms with Gasteiger partial charge in [-0.1, -0.05) is 0 Å². The van der Waals surface area contributed by atoms with Gasteiger partial charge in [0, 0.05) is 17.1 Å². The van der Waals surface area contributed by atoms with Crippen molar-refractivity contribution in [2.24, 2.45) is 0 Å². The van der Waals surface area contributed by atoms with E-state index in [4.69, 9.17) is 5.11 Å². The number of hydrogen-bond donors (Lipinski definition) is 2. The number of nitrogens with zero attached hydrogens (tertiary/aromatic N) is 1. The number of carbonyl (C=O) groups is 1. The van der Waals surface area contributed by atoms with E-state index in [9.17, 15) is 9.90 Å². The SMILES string of the molecule is O=C(O)c1cc(-c2nccs2)c2ccc(O)cc2c1. The topological polar surface area (TPSA) is 70.4 Å². The first-order valence-corrected chi connectivity index (χ1v) is 6.43. The second-order valence-electron chi connectivity index (χ2n) is 4.07. The lowest BCUT2D eigenvalue weighted by Gasteiger charge is -2.07. The van der Waals surface area contributed by atoms with Crippen LogP contribution in [-0.4, -0.2) is 21.2 Å². The van der Waals surface area contributed by atoms with Crippen molar-refractivity contribution in [2.75, 3.05) is 0 Å². The summed E-state index contributed by atoms with van der Waals surface area (Å²) in [5.41, 5.74) is 0.952. The van der Waals surface area contributed by atoms with Crippen molar-refractivity contribution in [3.63, 3.8) is 0 Å². The highest BCUT2D eigenvalue weighted by molar-refractivity contribution is 7.13. The minimum absolute atomic E-state index is 0.111. The van der Waals surface area contributed by atoms with Crippen LogP contribution in [-0.2, 0) is 0 Å². The maximum absolute atomic E-state index is 11.2. The number of thiazole rings is 1. The molecule has 0 atom stereocenters. The third-order valence-electron chi connectivity index (χ3n) is 2.85. The Morgan fingerprint density at radius 3 is 2.74 bits per heavy atom. The zero-order valence-electron chi connectivity index (χ0n) is 9.70. The van der Waals surface area contributed by atoms with E-state index in [-0.39, 0.29) is 11.3 Å². The zero-order valence-corrected chi connectivity index (χ0v) is 10.5. The fourth-order valence-corrected chi connectivity index (χ4v) is 2.68. The van der Waals surface area contributed by atoms with E-state index in [1.165, 1.54) is 11.3 Å². The molecule has 1 heterocycles. The monoisotopic (exact) mass is 271 g/mol. The molecule has 0 bridgehead atoms. The van der Waals surface area contributed by atoms with Gasteiger partial charge >= 0.3 is 5.97 Å². The number of aromatic carboxylic acids is 1. The smallest absolute Gasteiger partial charge is 0.335 e. The Balaban J connectivity index is 2.38. The van der Waals surface area contributed by atoms with Gasteiger partial charge in [-0.05, 0) is 41.1 Å². The van der Waals surface area contributed by atoms with Crippen molar-refractivity contribution in [3.8, 4) is 16.3 Å². The number of aromatic nitrogens is 1. The molecule has 2 aromatic carbocycles. The van der Waals surface area contributed by atoms with Gasteiger partial charge in [-0.25, -0.2) is 9.78 Å². The van der Waals surface area contributed by atoms with Gasteiger partial charge in [0.05, 0.1) is 5.56 Å². The van der Waals surface area contributed by atoms with Crippen molar-refractivity contribution < 1.29 is 15.0 Å². The van der Waals surface area contributed by atoms with Crippen molar-refractivity contribution in [1.29, 1.82) is 0 Å². The molecule has 0 fully saturated rings. The lowest BCUT2D eigenvalue weighted by atomic mass is 10.0. The molecule has 0 aliphatic carbocycles. The van der Waals surface area contributed by atoms with Crippen molar-refractivity contribution in [2.45, 2.75) is 0 Å². The van der Waals surface area contributed by atoms with Crippen LogP contribution in [0.15, 0.2) is 41.9 Å². The summed E-state index contributed by atoms with van der Waals surface area (Å²) >= 11 is 1.45. The van der Waals surface area contributed by atoms with Crippen molar-refractivity contribution in [3.05, 3.63) is 47.5 Å². The molecule has 19 heavy (non-hydrogen) atoms. The molecular formula is C14H9NO3S. The molecule has 2 N–H and O–H groups in total. The Morgan fingerprint density at radius 1 is 1.21 bits per heavy atom. The lowest BCUT2D eigenvalue weighted by molar-refractivity contribution is 0.0697. The maximum Gasteiger partial charge on any atom is 0.335 e. The Labute approximate surface area is 112 Å². The van der Waals surface area contributed by atoms with Gasteiger partial charge in [-0.15, -0.1) is 11.3 Å². The molecule has 1 aromatic heterocycles. The summed E-state index contributed by atoms with van der Waals surface area (Å²) < 4.78 is 0. The van der Waals surface area contributed by atoms with Crippen LogP contribution < -0.4 is 0 Å². The largest absolute Gasteiger partial charge is 0.508 e. The predicted molar refractivity (Wildman–Crippen MR) is 73.7 cm³/mol. The molecule has 0 saturated carbocycles. The molecule has 3 aromatic rings. The molecule has 3 rings (SSSR count). The number of carboxylic acid groups (broad SMARTS) is 1. The molecule has 0 aliphatic heterocycles. The number of hydrogen-bond acceptors (Lipinski definition) is 4. The predicted octanol–water partition coefficient (Wildman–Crippen LogP) is 3.37. The Morgan fingerprint density at radius 2 is 2.05 bits per heavy atom. The minimum atomic E-state index is -0.997. The third kappa shape index (κ3) is 2.04. The van der Waals surface area contributed by atoms with Crippen molar-refractivity contribution in [1.82, 2.24) is 4.98 Å². The van der Waals surface area contributed by atoms with E-state index in [2.05, 4.69) is 4.98 Å². The number of carboxylic acids is 1. The number of fused-ring (bicyclic) bond motifs is 1. The van der Waals surface area contributed by atoms with Crippen LogP contribution in [0.4, 0.5) is 0 Å². The van der Waals surface area contributed by atoms with E-state index >= 15 is 0 Å². The van der Waals surface area contributed by atoms with Gasteiger partial charge in [0.1, 0.15) is 10.8 Å². The van der Waals surface area contributed by atoms with E-state index in [1.807, 2.05) is 5.38 Å². The molecule has 0 unspecified atom stereocenters. The van der Waals surface area contributed by atoms with Gasteiger partial charge in [0.15, 0.2) is 0 Å². The number of phenolic OH excluding ortho intramolecular Hbond substituents is 1. The second kappa shape index (κ2) is 4.37. The normalized spacial score (nSPS) is 10.7. The lowest BCUT2D eigenvalue weighted by Crippen LogP contribution is -1.97. The highest BCUT2D eigenvalue weighted by Gasteiger charge is 2.12. The van der Waals surface area contributed by atoms with Crippen LogP contribution in [0.2, 0.25) is 0 Å². The van der Waals surface area contributed by atoms with Crippen LogP contribution in [0.25, 0.3) is 21.3 Å². The quantitative estimate of drug-likeness (QED) is 0.749. The van der Waals surface area contributed by atoms with Gasteiger partial charge in [-0.2, -0.15) is 0 Å². The molecular weight excluding hydrogens is 262 g/mol. The average Bonchev–Trinajstić information content (AvgIpc) is 2.90. The molecule has 5 heteroatoms. The van der Waals surface area contributed by atoms with Gasteiger partial charge < -0.3 is 10.2 Å². The average molecular weight is 271 g/mol. The molecule has 0 amide bonds. The fraction of sp³-hybridized carbons (Fsp3) is 0. The minimum Gasteiger partial charge on any atom is -0.508 e. The highest BCUT2D eigenvalue weighted by atomic mass is 32.1. The molecule has 0 aliphatic rings. The summed E-state index contributed by atoms with van der Waals surface area (Å²) in [4.78, 5) is 15.4. The summed E-state index contributed by atoms with van der Waals surface area (Å²) in [5, 5.41) is 22.8. The number of aromatic hydroxyl groups is 1. The third-order valence-corrected chi connectivity index (χ3v) is 3.65. The molecule has 0 radical (unpaired) electrons. The Bertz CT molecular complexity index is 766. The molecule has 0 spiro atoms. The Kier molecular flexibility index (Phi) is 2.68. The molecule has 4 nitrogen and oxygen atoms in total. The number of benzene rings is 2. The first-order valence-electron chi connectivity index (χ1n) is 5.55. The number of rotatable bonds is 2. The van der Waals surface area contributed by atoms with E-state index in [1.54, 1.807) is 36.5 Å². The van der Waals surface area contributed by atoms with Gasteiger partial charge in [0.2, 0.25) is 0 Å². The maximum atomic E-state index is 11.2.